The number of carbonyl (C=O) groups is 2. The van der Waals surface area contributed by atoms with E-state index < -0.39 is 5.97 Å². The number of amides is 1. The second-order valence-corrected chi connectivity index (χ2v) is 17.1. The molecule has 54 heavy (non-hydrogen) atoms. The molecule has 1 aromatic carbocycles. The number of aromatic carboxylic acids is 1. The fourth-order valence-corrected chi connectivity index (χ4v) is 12.9. The van der Waals surface area contributed by atoms with Crippen LogP contribution in [0.5, 0.6) is 0 Å². The normalized spacial score (nSPS) is 34.1. The first kappa shape index (κ1) is 46.4. The van der Waals surface area contributed by atoms with E-state index in [4.69, 9.17) is 0 Å². The number of hydrogen-bond acceptors (Lipinski definition) is 3. The number of carbonyl (C=O) groups excluding carboxylic acids is 1. The second kappa shape index (κ2) is 19.7. The number of aliphatic hydroxyl groups is 1. The van der Waals surface area contributed by atoms with Crippen LogP contribution in [0.3, 0.4) is 0 Å². The second-order valence-electron chi connectivity index (χ2n) is 17.1. The highest BCUT2D eigenvalue weighted by atomic mass is 16.4. The average molecular weight is 738 g/mol. The van der Waals surface area contributed by atoms with Crippen molar-refractivity contribution >= 4 is 17.4 Å². The molecule has 5 fully saturated rings. The highest BCUT2D eigenvalue weighted by molar-refractivity contribution is 5.88. The molecule has 1 amide bonds. The molecule has 8 atom stereocenters. The van der Waals surface area contributed by atoms with Crippen LogP contribution in [0.2, 0.25) is 0 Å². The summed E-state index contributed by atoms with van der Waals surface area (Å²) in [7, 11) is 0. The van der Waals surface area contributed by atoms with Crippen molar-refractivity contribution in [1.29, 1.82) is 0 Å². The minimum atomic E-state index is -0.869. The molecule has 296 valence electrons. The highest BCUT2D eigenvalue weighted by Gasteiger charge is 2.66. The molecular weight excluding hydrogens is 667 g/mol. The van der Waals surface area contributed by atoms with Crippen LogP contribution in [-0.4, -0.2) is 46.2 Å². The van der Waals surface area contributed by atoms with E-state index in [9.17, 15) is 19.8 Å². The van der Waals surface area contributed by atoms with Crippen molar-refractivity contribution in [2.75, 3.05) is 13.1 Å². The molecule has 5 nitrogen and oxygen atoms in total. The monoisotopic (exact) mass is 738 g/mol. The van der Waals surface area contributed by atoms with Gasteiger partial charge in [-0.1, -0.05) is 72.2 Å². The largest absolute Gasteiger partial charge is 0.478 e. The number of terminal acetylenes is 3. The van der Waals surface area contributed by atoms with Gasteiger partial charge in [0.25, 0.3) is 0 Å². The van der Waals surface area contributed by atoms with Gasteiger partial charge in [0.05, 0.1) is 17.1 Å². The van der Waals surface area contributed by atoms with Gasteiger partial charge in [-0.05, 0) is 147 Å². The summed E-state index contributed by atoms with van der Waals surface area (Å²) < 4.78 is 0. The summed E-state index contributed by atoms with van der Waals surface area (Å²) in [6, 6.07) is 7.54. The van der Waals surface area contributed by atoms with Crippen molar-refractivity contribution in [2.24, 2.45) is 51.2 Å². The predicted molar refractivity (Wildman–Crippen MR) is 226 cm³/mol. The van der Waals surface area contributed by atoms with Crippen LogP contribution in [0.1, 0.15) is 141 Å². The fraction of sp³-hybridized carbons (Fsp3) is 0.633. The van der Waals surface area contributed by atoms with Gasteiger partial charge in [-0.2, -0.15) is 0 Å². The minimum absolute atomic E-state index is 0.0253. The van der Waals surface area contributed by atoms with Crippen molar-refractivity contribution in [3.05, 3.63) is 54.1 Å². The number of likely N-dealkylation sites (tertiary alicyclic amines) is 1. The van der Waals surface area contributed by atoms with E-state index in [-0.39, 0.29) is 22.3 Å². The van der Waals surface area contributed by atoms with Gasteiger partial charge in [0.15, 0.2) is 0 Å². The minimum Gasteiger partial charge on any atom is -0.478 e. The van der Waals surface area contributed by atoms with Crippen LogP contribution in [0.15, 0.2) is 43.0 Å². The molecule has 1 aliphatic heterocycles. The van der Waals surface area contributed by atoms with Crippen LogP contribution in [-0.2, 0) is 4.79 Å². The number of hydrogen-bond donors (Lipinski definition) is 2. The molecule has 2 N–H and O–H groups in total. The Morgan fingerprint density at radius 3 is 1.91 bits per heavy atom. The topological polar surface area (TPSA) is 77.8 Å². The van der Waals surface area contributed by atoms with E-state index in [1.54, 1.807) is 18.2 Å². The summed E-state index contributed by atoms with van der Waals surface area (Å²) in [5.41, 5.74) is 3.37. The Bertz CT molecular complexity index is 1470. The zero-order chi connectivity index (χ0) is 41.1. The quantitative estimate of drug-likeness (QED) is 0.239. The molecule has 0 aromatic heterocycles. The number of carboxylic acids is 1. The van der Waals surface area contributed by atoms with Gasteiger partial charge >= 0.3 is 5.97 Å². The number of fused-ring (bicyclic) bond motifs is 7. The molecule has 5 aliphatic carbocycles. The number of allylic oxidation sites excluding steroid dienone is 3. The summed E-state index contributed by atoms with van der Waals surface area (Å²) in [6.45, 7) is 20.9. The Morgan fingerprint density at radius 2 is 1.35 bits per heavy atom. The van der Waals surface area contributed by atoms with Crippen molar-refractivity contribution < 1.29 is 19.8 Å². The summed E-state index contributed by atoms with van der Waals surface area (Å²) in [5, 5.41) is 19.5. The highest BCUT2D eigenvalue weighted by Crippen LogP contribution is 2.73. The first-order valence-corrected chi connectivity index (χ1v) is 20.4. The number of rotatable bonds is 3. The molecule has 1 aromatic rings. The zero-order valence-corrected chi connectivity index (χ0v) is 34.7. The third-order valence-electron chi connectivity index (χ3n) is 14.7. The molecule has 0 bridgehead atoms. The van der Waals surface area contributed by atoms with E-state index in [1.807, 2.05) is 32.9 Å². The maximum absolute atomic E-state index is 14.2. The number of aliphatic hydroxyl groups excluding tert-OH is 1. The molecule has 7 rings (SSSR count). The fourth-order valence-electron chi connectivity index (χ4n) is 12.9. The van der Waals surface area contributed by atoms with E-state index in [0.29, 0.717) is 46.5 Å². The molecule has 5 heteroatoms. The van der Waals surface area contributed by atoms with Crippen molar-refractivity contribution in [2.45, 2.75) is 132 Å². The summed E-state index contributed by atoms with van der Waals surface area (Å²) >= 11 is 0. The summed E-state index contributed by atoms with van der Waals surface area (Å²) in [4.78, 5) is 27.8. The van der Waals surface area contributed by atoms with Gasteiger partial charge in [0, 0.05) is 13.1 Å². The molecule has 4 unspecified atom stereocenters. The molecular formula is C49H71NO4. The van der Waals surface area contributed by atoms with Gasteiger partial charge < -0.3 is 15.1 Å². The number of nitrogens with zero attached hydrogens (tertiary/aromatic N) is 1. The van der Waals surface area contributed by atoms with Crippen LogP contribution in [0, 0.1) is 89.8 Å². The van der Waals surface area contributed by atoms with Crippen LogP contribution < -0.4 is 0 Å². The third-order valence-corrected chi connectivity index (χ3v) is 14.7. The van der Waals surface area contributed by atoms with Crippen LogP contribution in [0.4, 0.5) is 0 Å². The average Bonchev–Trinajstić information content (AvgIpc) is 3.64. The zero-order valence-electron chi connectivity index (χ0n) is 34.7. The maximum Gasteiger partial charge on any atom is 0.335 e. The molecule has 1 saturated heterocycles. The van der Waals surface area contributed by atoms with E-state index in [0.717, 1.165) is 45.2 Å². The molecule has 6 aliphatic rings. The van der Waals surface area contributed by atoms with Crippen LogP contribution in [0.25, 0.3) is 5.57 Å². The molecule has 4 saturated carbocycles. The standard InChI is InChI=1S/C38H53NO4.C3H6.C2H6.3C2H2/c1-35(2)28(24-7-9-25(10-8-24)33(41)42)13-19-37(4)31(35)15-20-36(3)29-14-21-38(34(43)39-22-16-26(40)17-23-39)18-5-6-30(38)27(29)11-12-32(36)37;1-3-2;4*1-2/h7-10,13,26-27,29-32,40H,5-6,11-12,14-23H2,1-4H3,(H,41,42);3H,1H2,2H3;1-2H3;3*1-2H/t27-,29?,30?,31?,32?,36-,37-,38-;;;;;/m0...../s1. The van der Waals surface area contributed by atoms with E-state index in [2.05, 4.69) is 83.8 Å². The lowest BCUT2D eigenvalue weighted by molar-refractivity contribution is -0.185. The molecule has 0 radical (unpaired) electrons. The predicted octanol–water partition coefficient (Wildman–Crippen LogP) is 10.8. The number of benzene rings is 1. The SMILES string of the molecule is C#C.C#C.C#C.C=CC.CC.CC1(C)C(c2ccc(C(=O)O)cc2)=CC[C@@]2(C)C1CC[C@@]1(C)C3CC[C@@]4(C(=O)N5CCC(O)CC5)CCCC4[C@H]3CCC12. The van der Waals surface area contributed by atoms with Crippen molar-refractivity contribution in [1.82, 2.24) is 4.90 Å². The smallest absolute Gasteiger partial charge is 0.335 e. The summed E-state index contributed by atoms with van der Waals surface area (Å²) in [6.07, 6.45) is 41.5. The van der Waals surface area contributed by atoms with Crippen molar-refractivity contribution in [3.8, 4) is 38.5 Å². The Kier molecular flexibility index (Phi) is 17.0. The first-order chi connectivity index (χ1) is 25.8. The molecule has 1 heterocycles. The Balaban J connectivity index is 0.000000838. The van der Waals surface area contributed by atoms with Gasteiger partial charge in [0.1, 0.15) is 0 Å². The van der Waals surface area contributed by atoms with Gasteiger partial charge in [-0.25, -0.2) is 4.79 Å². The lowest BCUT2D eigenvalue weighted by Crippen LogP contribution is -2.62. The Hall–Kier alpha value is -3.72. The van der Waals surface area contributed by atoms with E-state index in [1.165, 1.54) is 56.1 Å². The van der Waals surface area contributed by atoms with Crippen molar-refractivity contribution in [3.63, 3.8) is 0 Å². The molecule has 0 spiro atoms. The van der Waals surface area contributed by atoms with Gasteiger partial charge in [-0.15, -0.1) is 45.1 Å². The lowest BCUT2D eigenvalue weighted by atomic mass is 9.36. The van der Waals surface area contributed by atoms with Gasteiger partial charge in [-0.3, -0.25) is 4.79 Å². The van der Waals surface area contributed by atoms with Crippen LogP contribution >= 0.6 is 0 Å². The van der Waals surface area contributed by atoms with Gasteiger partial charge in [0.2, 0.25) is 5.91 Å². The number of carboxylic acid groups (broad SMARTS) is 1. The Labute approximate surface area is 329 Å². The van der Waals surface area contributed by atoms with E-state index >= 15 is 0 Å². The lowest BCUT2D eigenvalue weighted by Gasteiger charge is -2.68. The Morgan fingerprint density at radius 1 is 0.778 bits per heavy atom. The summed E-state index contributed by atoms with van der Waals surface area (Å²) in [5.74, 6) is 2.79. The third kappa shape index (κ3) is 8.26. The number of piperidine rings is 1. The first-order valence-electron chi connectivity index (χ1n) is 20.4. The maximum atomic E-state index is 14.2.